The average molecular weight is 257 g/mol. The van der Waals surface area contributed by atoms with Gasteiger partial charge in [0.2, 0.25) is 5.91 Å². The predicted octanol–water partition coefficient (Wildman–Crippen LogP) is 3.10. The minimum absolute atomic E-state index is 0.289. The molecule has 0 aliphatic heterocycles. The summed E-state index contributed by atoms with van der Waals surface area (Å²) in [5, 5.41) is 3.19. The summed E-state index contributed by atoms with van der Waals surface area (Å²) in [4.78, 5) is 12.1. The molecule has 1 saturated carbocycles. The van der Waals surface area contributed by atoms with Crippen molar-refractivity contribution in [2.24, 2.45) is 11.8 Å². The van der Waals surface area contributed by atoms with E-state index in [4.69, 9.17) is 0 Å². The van der Waals surface area contributed by atoms with Crippen LogP contribution in [0.15, 0.2) is 24.3 Å². The van der Waals surface area contributed by atoms with Crippen LogP contribution in [0.1, 0.15) is 43.2 Å². The third kappa shape index (κ3) is 2.99. The monoisotopic (exact) mass is 257 g/mol. The number of carbonyl (C=O) groups excluding carboxylic acids is 1. The van der Waals surface area contributed by atoms with Gasteiger partial charge in [-0.25, -0.2) is 0 Å². The summed E-state index contributed by atoms with van der Waals surface area (Å²) >= 11 is 0. The van der Waals surface area contributed by atoms with E-state index in [2.05, 4.69) is 29.6 Å². The van der Waals surface area contributed by atoms with Crippen LogP contribution in [-0.4, -0.2) is 12.5 Å². The second kappa shape index (κ2) is 5.77. The van der Waals surface area contributed by atoms with Crippen molar-refractivity contribution in [1.82, 2.24) is 5.32 Å². The first-order chi connectivity index (χ1) is 9.33. The Morgan fingerprint density at radius 3 is 2.32 bits per heavy atom. The fourth-order valence-electron chi connectivity index (χ4n) is 3.55. The van der Waals surface area contributed by atoms with Crippen LogP contribution in [0.25, 0.3) is 0 Å². The van der Waals surface area contributed by atoms with Crippen LogP contribution in [0.2, 0.25) is 0 Å². The van der Waals surface area contributed by atoms with Gasteiger partial charge in [0.25, 0.3) is 0 Å². The van der Waals surface area contributed by atoms with Gasteiger partial charge in [-0.15, -0.1) is 0 Å². The van der Waals surface area contributed by atoms with Gasteiger partial charge in [-0.05, 0) is 42.7 Å². The summed E-state index contributed by atoms with van der Waals surface area (Å²) in [6, 6.07) is 8.67. The van der Waals surface area contributed by atoms with Crippen molar-refractivity contribution in [3.05, 3.63) is 35.4 Å². The molecule has 1 N–H and O–H groups in total. The second-order valence-corrected chi connectivity index (χ2v) is 6.12. The first-order valence-electron chi connectivity index (χ1n) is 7.67. The average Bonchev–Trinajstić information content (AvgIpc) is 2.88. The van der Waals surface area contributed by atoms with Crippen molar-refractivity contribution in [1.29, 1.82) is 0 Å². The van der Waals surface area contributed by atoms with Crippen molar-refractivity contribution < 1.29 is 4.79 Å². The van der Waals surface area contributed by atoms with E-state index in [0.717, 1.165) is 32.2 Å². The Kier molecular flexibility index (Phi) is 3.86. The van der Waals surface area contributed by atoms with Crippen LogP contribution >= 0.6 is 0 Å². The summed E-state index contributed by atoms with van der Waals surface area (Å²) in [6.45, 7) is 0.851. The number of rotatable bonds is 3. The highest BCUT2D eigenvalue weighted by Gasteiger charge is 2.24. The number of benzene rings is 1. The SMILES string of the molecule is O=C(NCC1Cc2ccccc2C1)C1CCCCC1. The molecule has 19 heavy (non-hydrogen) atoms. The molecule has 2 nitrogen and oxygen atoms in total. The van der Waals surface area contributed by atoms with E-state index < -0.39 is 0 Å². The Balaban J connectivity index is 1.47. The zero-order valence-electron chi connectivity index (χ0n) is 11.5. The minimum atomic E-state index is 0.289. The molecule has 2 aliphatic carbocycles. The molecule has 1 aromatic carbocycles. The molecule has 2 aliphatic rings. The van der Waals surface area contributed by atoms with Gasteiger partial charge >= 0.3 is 0 Å². The highest BCUT2D eigenvalue weighted by Crippen LogP contribution is 2.27. The van der Waals surface area contributed by atoms with Crippen molar-refractivity contribution in [2.75, 3.05) is 6.54 Å². The maximum atomic E-state index is 12.1. The largest absolute Gasteiger partial charge is 0.356 e. The second-order valence-electron chi connectivity index (χ2n) is 6.12. The van der Waals surface area contributed by atoms with E-state index in [1.807, 2.05) is 0 Å². The van der Waals surface area contributed by atoms with E-state index in [9.17, 15) is 4.79 Å². The first-order valence-corrected chi connectivity index (χ1v) is 7.67. The highest BCUT2D eigenvalue weighted by molar-refractivity contribution is 5.78. The van der Waals surface area contributed by atoms with Gasteiger partial charge < -0.3 is 5.32 Å². The lowest BCUT2D eigenvalue weighted by Gasteiger charge is -2.21. The van der Waals surface area contributed by atoms with Gasteiger partial charge in [-0.1, -0.05) is 43.5 Å². The Hall–Kier alpha value is -1.31. The van der Waals surface area contributed by atoms with Crippen molar-refractivity contribution in [3.63, 3.8) is 0 Å². The molecule has 0 unspecified atom stereocenters. The number of carbonyl (C=O) groups is 1. The van der Waals surface area contributed by atoms with Crippen molar-refractivity contribution >= 4 is 5.91 Å². The van der Waals surface area contributed by atoms with Gasteiger partial charge in [-0.2, -0.15) is 0 Å². The number of fused-ring (bicyclic) bond motifs is 1. The molecule has 102 valence electrons. The predicted molar refractivity (Wildman–Crippen MR) is 76.9 cm³/mol. The van der Waals surface area contributed by atoms with Crippen LogP contribution in [0.3, 0.4) is 0 Å². The maximum absolute atomic E-state index is 12.1. The molecule has 0 spiro atoms. The summed E-state index contributed by atoms with van der Waals surface area (Å²) in [5.74, 6) is 1.19. The molecule has 2 heteroatoms. The van der Waals surface area contributed by atoms with Crippen LogP contribution < -0.4 is 5.32 Å². The molecule has 1 amide bonds. The molecule has 1 fully saturated rings. The fourth-order valence-corrected chi connectivity index (χ4v) is 3.55. The van der Waals surface area contributed by atoms with Crippen molar-refractivity contribution in [3.8, 4) is 0 Å². The molecule has 0 aromatic heterocycles. The van der Waals surface area contributed by atoms with Gasteiger partial charge in [-0.3, -0.25) is 4.79 Å². The standard InChI is InChI=1S/C17H23NO/c19-17(14-6-2-1-3-7-14)18-12-13-10-15-8-4-5-9-16(15)11-13/h4-5,8-9,13-14H,1-3,6-7,10-12H2,(H,18,19). The zero-order chi connectivity index (χ0) is 13.1. The van der Waals surface area contributed by atoms with E-state index in [-0.39, 0.29) is 5.92 Å². The number of nitrogens with one attached hydrogen (secondary N) is 1. The third-order valence-electron chi connectivity index (χ3n) is 4.68. The molecule has 0 radical (unpaired) electrons. The first kappa shape index (κ1) is 12.7. The molecule has 3 rings (SSSR count). The third-order valence-corrected chi connectivity index (χ3v) is 4.68. The lowest BCUT2D eigenvalue weighted by molar-refractivity contribution is -0.126. The quantitative estimate of drug-likeness (QED) is 0.885. The van der Waals surface area contributed by atoms with Gasteiger partial charge in [0.1, 0.15) is 0 Å². The van der Waals surface area contributed by atoms with Crippen LogP contribution in [0.5, 0.6) is 0 Å². The summed E-state index contributed by atoms with van der Waals surface area (Å²) in [6.07, 6.45) is 8.21. The van der Waals surface area contributed by atoms with E-state index in [1.165, 1.54) is 30.4 Å². The van der Waals surface area contributed by atoms with Crippen LogP contribution in [-0.2, 0) is 17.6 Å². The zero-order valence-corrected chi connectivity index (χ0v) is 11.5. The minimum Gasteiger partial charge on any atom is -0.356 e. The smallest absolute Gasteiger partial charge is 0.223 e. The van der Waals surface area contributed by atoms with Gasteiger partial charge in [0.05, 0.1) is 0 Å². The fraction of sp³-hybridized carbons (Fsp3) is 0.588. The number of amides is 1. The topological polar surface area (TPSA) is 29.1 Å². The van der Waals surface area contributed by atoms with Crippen LogP contribution in [0, 0.1) is 11.8 Å². The van der Waals surface area contributed by atoms with E-state index in [0.29, 0.717) is 11.8 Å². The molecule has 0 heterocycles. The van der Waals surface area contributed by atoms with E-state index in [1.54, 1.807) is 0 Å². The van der Waals surface area contributed by atoms with Crippen LogP contribution in [0.4, 0.5) is 0 Å². The van der Waals surface area contributed by atoms with Gasteiger partial charge in [0.15, 0.2) is 0 Å². The molecular formula is C17H23NO. The highest BCUT2D eigenvalue weighted by atomic mass is 16.1. The number of hydrogen-bond acceptors (Lipinski definition) is 1. The van der Waals surface area contributed by atoms with Crippen molar-refractivity contribution in [2.45, 2.75) is 44.9 Å². The lowest BCUT2D eigenvalue weighted by atomic mass is 9.88. The molecular weight excluding hydrogens is 234 g/mol. The molecule has 0 bridgehead atoms. The summed E-state index contributed by atoms with van der Waals surface area (Å²) in [5.41, 5.74) is 2.94. The maximum Gasteiger partial charge on any atom is 0.223 e. The summed E-state index contributed by atoms with van der Waals surface area (Å²) in [7, 11) is 0. The Bertz CT molecular complexity index is 423. The van der Waals surface area contributed by atoms with E-state index >= 15 is 0 Å². The Morgan fingerprint density at radius 1 is 1.05 bits per heavy atom. The number of hydrogen-bond donors (Lipinski definition) is 1. The normalized spacial score (nSPS) is 20.2. The van der Waals surface area contributed by atoms with Gasteiger partial charge in [0, 0.05) is 12.5 Å². The molecule has 0 atom stereocenters. The summed E-state index contributed by atoms with van der Waals surface area (Å²) < 4.78 is 0. The Labute approximate surface area is 115 Å². The molecule has 1 aromatic rings. The molecule has 0 saturated heterocycles. The Morgan fingerprint density at radius 2 is 1.68 bits per heavy atom. The lowest BCUT2D eigenvalue weighted by Crippen LogP contribution is -2.35.